The van der Waals surface area contributed by atoms with Crippen LogP contribution in [-0.2, 0) is 9.47 Å². The molecular weight excluding hydrogens is 382 g/mol. The van der Waals surface area contributed by atoms with Crippen LogP contribution in [0.3, 0.4) is 0 Å². The number of guanidine groups is 1. The second-order valence-electron chi connectivity index (χ2n) is 7.10. The van der Waals surface area contributed by atoms with E-state index >= 15 is 0 Å². The molecule has 2 aliphatic heterocycles. The quantitative estimate of drug-likeness (QED) is 0.617. The molecule has 0 bridgehead atoms. The van der Waals surface area contributed by atoms with Crippen LogP contribution in [0.1, 0.15) is 30.7 Å². The van der Waals surface area contributed by atoms with Gasteiger partial charge in [-0.15, -0.1) is 0 Å². The first-order valence-electron chi connectivity index (χ1n) is 9.21. The van der Waals surface area contributed by atoms with Crippen LogP contribution in [0.2, 0.25) is 0 Å². The van der Waals surface area contributed by atoms with E-state index in [4.69, 9.17) is 9.47 Å². The van der Waals surface area contributed by atoms with Crippen molar-refractivity contribution < 1.29 is 9.47 Å². The van der Waals surface area contributed by atoms with E-state index in [1.54, 1.807) is 0 Å². The van der Waals surface area contributed by atoms with Crippen molar-refractivity contribution in [2.75, 3.05) is 33.4 Å². The highest BCUT2D eigenvalue weighted by molar-refractivity contribution is 9.10. The number of nitrogens with zero attached hydrogens (tertiary/aromatic N) is 2. The lowest BCUT2D eigenvalue weighted by Gasteiger charge is -2.37. The molecule has 5 nitrogen and oxygen atoms in total. The Bertz CT molecular complexity index is 616. The monoisotopic (exact) mass is 407 g/mol. The molecule has 0 aromatic heterocycles. The predicted molar refractivity (Wildman–Crippen MR) is 102 cm³/mol. The molecule has 4 rings (SSSR count). The number of rotatable bonds is 3. The Labute approximate surface area is 157 Å². The van der Waals surface area contributed by atoms with E-state index in [1.165, 1.54) is 12.0 Å². The standard InChI is InChI=1S/C19H26BrN3O2/c1-21-19(22-16-11-15(16)13-4-6-14(20)7-5-13)23-8-10-25-18(12-23)17-3-2-9-24-17/h4-7,15-18H,2-3,8-12H2,1H3,(H,21,22). The normalized spacial score (nSPS) is 32.7. The first-order chi connectivity index (χ1) is 12.2. The maximum atomic E-state index is 5.96. The van der Waals surface area contributed by atoms with E-state index in [-0.39, 0.29) is 12.2 Å². The maximum Gasteiger partial charge on any atom is 0.194 e. The maximum absolute atomic E-state index is 5.96. The van der Waals surface area contributed by atoms with Crippen LogP contribution in [0.25, 0.3) is 0 Å². The average Bonchev–Trinajstić information content (AvgIpc) is 3.18. The molecule has 25 heavy (non-hydrogen) atoms. The summed E-state index contributed by atoms with van der Waals surface area (Å²) in [6.07, 6.45) is 3.83. The van der Waals surface area contributed by atoms with E-state index in [1.807, 2.05) is 7.05 Å². The first-order valence-corrected chi connectivity index (χ1v) is 10.0. The summed E-state index contributed by atoms with van der Waals surface area (Å²) >= 11 is 3.50. The second-order valence-corrected chi connectivity index (χ2v) is 8.01. The van der Waals surface area contributed by atoms with Gasteiger partial charge >= 0.3 is 0 Å². The zero-order valence-corrected chi connectivity index (χ0v) is 16.2. The highest BCUT2D eigenvalue weighted by atomic mass is 79.9. The van der Waals surface area contributed by atoms with Crippen LogP contribution in [0.4, 0.5) is 0 Å². The minimum atomic E-state index is 0.163. The van der Waals surface area contributed by atoms with Gasteiger partial charge in [0.05, 0.1) is 12.7 Å². The van der Waals surface area contributed by atoms with Crippen molar-refractivity contribution in [3.8, 4) is 0 Å². The fraction of sp³-hybridized carbons (Fsp3) is 0.632. The van der Waals surface area contributed by atoms with Crippen LogP contribution in [0.15, 0.2) is 33.7 Å². The Balaban J connectivity index is 1.34. The molecule has 0 radical (unpaired) electrons. The van der Waals surface area contributed by atoms with Crippen molar-refractivity contribution in [2.24, 2.45) is 4.99 Å². The summed E-state index contributed by atoms with van der Waals surface area (Å²) in [5.74, 6) is 1.58. The largest absolute Gasteiger partial charge is 0.375 e. The summed E-state index contributed by atoms with van der Waals surface area (Å²) in [5.41, 5.74) is 1.40. The van der Waals surface area contributed by atoms with Gasteiger partial charge < -0.3 is 19.7 Å². The van der Waals surface area contributed by atoms with Gasteiger partial charge in [-0.05, 0) is 37.0 Å². The van der Waals surface area contributed by atoms with Gasteiger partial charge in [0.25, 0.3) is 0 Å². The summed E-state index contributed by atoms with van der Waals surface area (Å²) in [5, 5.41) is 3.65. The molecule has 2 heterocycles. The molecule has 1 saturated carbocycles. The summed E-state index contributed by atoms with van der Waals surface area (Å²) < 4.78 is 12.9. The Morgan fingerprint density at radius 3 is 2.72 bits per heavy atom. The zero-order chi connectivity index (χ0) is 17.2. The van der Waals surface area contributed by atoms with Gasteiger partial charge in [-0.1, -0.05) is 28.1 Å². The molecule has 4 atom stereocenters. The minimum absolute atomic E-state index is 0.163. The highest BCUT2D eigenvalue weighted by Crippen LogP contribution is 2.41. The Kier molecular flexibility index (Phi) is 5.29. The lowest BCUT2D eigenvalue weighted by molar-refractivity contribution is -0.0817. The van der Waals surface area contributed by atoms with Crippen molar-refractivity contribution in [1.29, 1.82) is 0 Å². The van der Waals surface area contributed by atoms with Crippen molar-refractivity contribution >= 4 is 21.9 Å². The molecule has 1 aromatic carbocycles. The van der Waals surface area contributed by atoms with Crippen LogP contribution in [0, 0.1) is 0 Å². The molecular formula is C19H26BrN3O2. The first kappa shape index (κ1) is 17.3. The van der Waals surface area contributed by atoms with Crippen LogP contribution in [-0.4, -0.2) is 62.5 Å². The molecule has 1 aromatic rings. The second kappa shape index (κ2) is 7.64. The molecule has 2 saturated heterocycles. The van der Waals surface area contributed by atoms with Crippen LogP contribution in [0.5, 0.6) is 0 Å². The van der Waals surface area contributed by atoms with Crippen molar-refractivity contribution in [3.05, 3.63) is 34.3 Å². The third-order valence-corrected chi connectivity index (χ3v) is 5.92. The lowest BCUT2D eigenvalue weighted by atomic mass is 10.1. The number of morpholine rings is 1. The summed E-state index contributed by atoms with van der Waals surface area (Å²) in [4.78, 5) is 6.85. The van der Waals surface area contributed by atoms with Gasteiger partial charge in [0.1, 0.15) is 6.10 Å². The summed E-state index contributed by atoms with van der Waals surface area (Å²) in [7, 11) is 1.87. The summed E-state index contributed by atoms with van der Waals surface area (Å²) in [6, 6.07) is 9.13. The molecule has 136 valence electrons. The number of benzene rings is 1. The van der Waals surface area contributed by atoms with Gasteiger partial charge in [0.15, 0.2) is 5.96 Å². The molecule has 3 fully saturated rings. The topological polar surface area (TPSA) is 46.1 Å². The smallest absolute Gasteiger partial charge is 0.194 e. The van der Waals surface area contributed by atoms with E-state index < -0.39 is 0 Å². The van der Waals surface area contributed by atoms with Crippen molar-refractivity contribution in [1.82, 2.24) is 10.2 Å². The number of ether oxygens (including phenoxy) is 2. The molecule has 4 unspecified atom stereocenters. The molecule has 0 spiro atoms. The number of hydrogen-bond donors (Lipinski definition) is 1. The van der Waals surface area contributed by atoms with Gasteiger partial charge in [-0.25, -0.2) is 0 Å². The van der Waals surface area contributed by atoms with E-state index in [0.717, 1.165) is 49.6 Å². The number of aliphatic imine (C=N–C) groups is 1. The fourth-order valence-corrected chi connectivity index (χ4v) is 4.15. The van der Waals surface area contributed by atoms with E-state index in [9.17, 15) is 0 Å². The van der Waals surface area contributed by atoms with E-state index in [2.05, 4.69) is 55.4 Å². The Morgan fingerprint density at radius 1 is 1.20 bits per heavy atom. The lowest BCUT2D eigenvalue weighted by Crippen LogP contribution is -2.53. The van der Waals surface area contributed by atoms with Crippen LogP contribution < -0.4 is 5.32 Å². The Morgan fingerprint density at radius 2 is 2.00 bits per heavy atom. The molecule has 3 aliphatic rings. The summed E-state index contributed by atoms with van der Waals surface area (Å²) in [6.45, 7) is 3.36. The van der Waals surface area contributed by atoms with Crippen molar-refractivity contribution in [2.45, 2.75) is 43.4 Å². The SMILES string of the molecule is CN=C(NC1CC1c1ccc(Br)cc1)N1CCOC(C2CCCO2)C1. The van der Waals surface area contributed by atoms with Gasteiger partial charge in [-0.2, -0.15) is 0 Å². The number of hydrogen-bond acceptors (Lipinski definition) is 3. The molecule has 1 aliphatic carbocycles. The molecule has 0 amide bonds. The molecule has 6 heteroatoms. The third-order valence-electron chi connectivity index (χ3n) is 5.39. The number of halogens is 1. The highest BCUT2D eigenvalue weighted by Gasteiger charge is 2.40. The van der Waals surface area contributed by atoms with Crippen LogP contribution >= 0.6 is 15.9 Å². The van der Waals surface area contributed by atoms with Crippen molar-refractivity contribution in [3.63, 3.8) is 0 Å². The Hall–Kier alpha value is -1.11. The minimum Gasteiger partial charge on any atom is -0.375 e. The zero-order valence-electron chi connectivity index (χ0n) is 14.7. The fourth-order valence-electron chi connectivity index (χ4n) is 3.88. The third kappa shape index (κ3) is 4.01. The predicted octanol–water partition coefficient (Wildman–Crippen LogP) is 2.76. The van der Waals surface area contributed by atoms with Gasteiger partial charge in [0, 0.05) is 43.2 Å². The number of nitrogens with one attached hydrogen (secondary N) is 1. The van der Waals surface area contributed by atoms with E-state index in [0.29, 0.717) is 12.0 Å². The van der Waals surface area contributed by atoms with Gasteiger partial charge in [0.2, 0.25) is 0 Å². The van der Waals surface area contributed by atoms with Gasteiger partial charge in [-0.3, -0.25) is 4.99 Å². The molecule has 1 N–H and O–H groups in total. The average molecular weight is 408 g/mol.